The highest BCUT2D eigenvalue weighted by atomic mass is 32.2. The second kappa shape index (κ2) is 9.20. The molecule has 1 fully saturated rings. The Bertz CT molecular complexity index is 611. The van der Waals surface area contributed by atoms with E-state index in [1.807, 2.05) is 0 Å². The molecule has 3 rings (SSSR count). The molecule has 130 valence electrons. The van der Waals surface area contributed by atoms with Crippen LogP contribution in [0.5, 0.6) is 0 Å². The molecule has 1 saturated heterocycles. The molecule has 1 N–H and O–H groups in total. The monoisotopic (exact) mass is 346 g/mol. The van der Waals surface area contributed by atoms with Gasteiger partial charge in [0.25, 0.3) is 0 Å². The minimum atomic E-state index is 0.510. The van der Waals surface area contributed by atoms with Gasteiger partial charge in [-0.3, -0.25) is 0 Å². The highest BCUT2D eigenvalue weighted by Gasteiger charge is 2.23. The average Bonchev–Trinajstić information content (AvgIpc) is 3.03. The maximum absolute atomic E-state index is 5.14. The summed E-state index contributed by atoms with van der Waals surface area (Å²) in [7, 11) is 1.75. The molecular formula is C18H26N4OS. The van der Waals surface area contributed by atoms with Gasteiger partial charge < -0.3 is 14.6 Å². The Morgan fingerprint density at radius 2 is 2.00 bits per heavy atom. The fraction of sp³-hybridized carbons (Fsp3) is 0.556. The Labute approximate surface area is 148 Å². The van der Waals surface area contributed by atoms with Crippen LogP contribution in [0.25, 0.3) is 0 Å². The summed E-state index contributed by atoms with van der Waals surface area (Å²) in [5, 5.41) is 13.5. The quantitative estimate of drug-likeness (QED) is 0.588. The van der Waals surface area contributed by atoms with E-state index < -0.39 is 0 Å². The van der Waals surface area contributed by atoms with Crippen LogP contribution in [-0.4, -0.2) is 47.3 Å². The lowest BCUT2D eigenvalue weighted by atomic mass is 9.97. The van der Waals surface area contributed by atoms with Crippen LogP contribution >= 0.6 is 11.8 Å². The molecule has 0 aliphatic carbocycles. The lowest BCUT2D eigenvalue weighted by Crippen LogP contribution is -2.28. The van der Waals surface area contributed by atoms with Gasteiger partial charge in [-0.05, 0) is 37.9 Å². The van der Waals surface area contributed by atoms with Gasteiger partial charge in [0, 0.05) is 25.4 Å². The first kappa shape index (κ1) is 17.5. The van der Waals surface area contributed by atoms with Crippen LogP contribution in [0.2, 0.25) is 0 Å². The number of hydrogen-bond donors (Lipinski definition) is 1. The third kappa shape index (κ3) is 4.59. The van der Waals surface area contributed by atoms with Crippen LogP contribution < -0.4 is 5.32 Å². The SMILES string of the molecule is COCCCSc1nnc(C2CCNCC2)n1Cc1ccccc1. The van der Waals surface area contributed by atoms with Crippen molar-refractivity contribution >= 4 is 11.8 Å². The number of rotatable bonds is 8. The number of nitrogens with zero attached hydrogens (tertiary/aromatic N) is 3. The summed E-state index contributed by atoms with van der Waals surface area (Å²) in [4.78, 5) is 0. The van der Waals surface area contributed by atoms with E-state index in [0.29, 0.717) is 5.92 Å². The molecular weight excluding hydrogens is 320 g/mol. The fourth-order valence-corrected chi connectivity index (χ4v) is 3.93. The number of hydrogen-bond acceptors (Lipinski definition) is 5. The lowest BCUT2D eigenvalue weighted by molar-refractivity contribution is 0.200. The summed E-state index contributed by atoms with van der Waals surface area (Å²) in [5.41, 5.74) is 1.30. The number of aromatic nitrogens is 3. The van der Waals surface area contributed by atoms with Gasteiger partial charge in [-0.15, -0.1) is 10.2 Å². The van der Waals surface area contributed by atoms with Gasteiger partial charge in [-0.2, -0.15) is 0 Å². The Morgan fingerprint density at radius 1 is 1.21 bits per heavy atom. The van der Waals surface area contributed by atoms with Gasteiger partial charge in [0.1, 0.15) is 5.82 Å². The van der Waals surface area contributed by atoms with Gasteiger partial charge in [-0.25, -0.2) is 0 Å². The van der Waals surface area contributed by atoms with Crippen molar-refractivity contribution in [3.8, 4) is 0 Å². The largest absolute Gasteiger partial charge is 0.385 e. The third-order valence-corrected chi connectivity index (χ3v) is 5.41. The van der Waals surface area contributed by atoms with E-state index in [4.69, 9.17) is 4.74 Å². The van der Waals surface area contributed by atoms with Crippen molar-refractivity contribution in [1.29, 1.82) is 0 Å². The maximum Gasteiger partial charge on any atom is 0.191 e. The Morgan fingerprint density at radius 3 is 2.75 bits per heavy atom. The zero-order valence-corrected chi connectivity index (χ0v) is 15.1. The van der Waals surface area contributed by atoms with Crippen LogP contribution in [0.1, 0.15) is 36.6 Å². The zero-order chi connectivity index (χ0) is 16.6. The van der Waals surface area contributed by atoms with Crippen molar-refractivity contribution in [3.63, 3.8) is 0 Å². The van der Waals surface area contributed by atoms with Crippen molar-refractivity contribution in [3.05, 3.63) is 41.7 Å². The molecule has 0 unspecified atom stereocenters. The number of methoxy groups -OCH3 is 1. The molecule has 5 nitrogen and oxygen atoms in total. The molecule has 0 atom stereocenters. The molecule has 1 aromatic heterocycles. The minimum absolute atomic E-state index is 0.510. The predicted octanol–water partition coefficient (Wildman–Crippen LogP) is 2.92. The summed E-state index contributed by atoms with van der Waals surface area (Å²) in [6.45, 7) is 3.78. The van der Waals surface area contributed by atoms with Gasteiger partial charge in [0.05, 0.1) is 6.54 Å². The molecule has 0 saturated carbocycles. The molecule has 2 aromatic rings. The Kier molecular flexibility index (Phi) is 6.69. The average molecular weight is 347 g/mol. The van der Waals surface area contributed by atoms with E-state index in [1.54, 1.807) is 18.9 Å². The van der Waals surface area contributed by atoms with E-state index in [9.17, 15) is 0 Å². The molecule has 24 heavy (non-hydrogen) atoms. The summed E-state index contributed by atoms with van der Waals surface area (Å²) < 4.78 is 7.47. The summed E-state index contributed by atoms with van der Waals surface area (Å²) in [6.07, 6.45) is 3.31. The number of nitrogens with one attached hydrogen (secondary N) is 1. The van der Waals surface area contributed by atoms with Gasteiger partial charge in [-0.1, -0.05) is 42.1 Å². The molecule has 0 radical (unpaired) electrons. The van der Waals surface area contributed by atoms with Gasteiger partial charge >= 0.3 is 0 Å². The molecule has 0 spiro atoms. The summed E-state index contributed by atoms with van der Waals surface area (Å²) in [6, 6.07) is 10.6. The molecule has 0 bridgehead atoms. The molecule has 0 amide bonds. The van der Waals surface area contributed by atoms with Crippen molar-refractivity contribution in [2.45, 2.75) is 36.9 Å². The number of piperidine rings is 1. The van der Waals surface area contributed by atoms with E-state index in [1.165, 1.54) is 5.56 Å². The zero-order valence-electron chi connectivity index (χ0n) is 14.3. The Hall–Kier alpha value is -1.37. The smallest absolute Gasteiger partial charge is 0.191 e. The molecule has 1 aromatic carbocycles. The topological polar surface area (TPSA) is 52.0 Å². The van der Waals surface area contributed by atoms with Crippen LogP contribution in [0, 0.1) is 0 Å². The highest BCUT2D eigenvalue weighted by Crippen LogP contribution is 2.28. The van der Waals surface area contributed by atoms with Crippen molar-refractivity contribution in [1.82, 2.24) is 20.1 Å². The van der Waals surface area contributed by atoms with Crippen molar-refractivity contribution in [2.75, 3.05) is 32.6 Å². The molecule has 1 aliphatic rings. The predicted molar refractivity (Wildman–Crippen MR) is 97.6 cm³/mol. The van der Waals surface area contributed by atoms with Crippen LogP contribution in [0.4, 0.5) is 0 Å². The van der Waals surface area contributed by atoms with E-state index in [2.05, 4.69) is 50.4 Å². The number of ether oxygens (including phenoxy) is 1. The van der Waals surface area contributed by atoms with Crippen LogP contribution in [-0.2, 0) is 11.3 Å². The first-order valence-electron chi connectivity index (χ1n) is 8.68. The molecule has 6 heteroatoms. The van der Waals surface area contributed by atoms with Crippen molar-refractivity contribution in [2.24, 2.45) is 0 Å². The standard InChI is InChI=1S/C18H26N4OS/c1-23-12-5-13-24-18-21-20-17(16-8-10-19-11-9-16)22(18)14-15-6-3-2-4-7-15/h2-4,6-7,16,19H,5,8-14H2,1H3. The summed E-state index contributed by atoms with van der Waals surface area (Å²) >= 11 is 1.78. The van der Waals surface area contributed by atoms with Crippen molar-refractivity contribution < 1.29 is 4.74 Å². The highest BCUT2D eigenvalue weighted by molar-refractivity contribution is 7.99. The van der Waals surface area contributed by atoms with Crippen LogP contribution in [0.15, 0.2) is 35.5 Å². The normalized spacial score (nSPS) is 15.7. The fourth-order valence-electron chi connectivity index (χ4n) is 3.07. The second-order valence-electron chi connectivity index (χ2n) is 6.13. The summed E-state index contributed by atoms with van der Waals surface area (Å²) in [5.74, 6) is 2.66. The number of benzene rings is 1. The van der Waals surface area contributed by atoms with E-state index in [-0.39, 0.29) is 0 Å². The first-order valence-corrected chi connectivity index (χ1v) is 9.66. The third-order valence-electron chi connectivity index (χ3n) is 4.36. The van der Waals surface area contributed by atoms with Gasteiger partial charge in [0.2, 0.25) is 0 Å². The maximum atomic E-state index is 5.14. The first-order chi connectivity index (χ1) is 11.9. The van der Waals surface area contributed by atoms with Gasteiger partial charge in [0.15, 0.2) is 5.16 Å². The molecule has 1 aliphatic heterocycles. The van der Waals surface area contributed by atoms with Crippen LogP contribution in [0.3, 0.4) is 0 Å². The Balaban J connectivity index is 1.78. The minimum Gasteiger partial charge on any atom is -0.385 e. The number of thioether (sulfide) groups is 1. The lowest BCUT2D eigenvalue weighted by Gasteiger charge is -2.23. The van der Waals surface area contributed by atoms with E-state index >= 15 is 0 Å². The van der Waals surface area contributed by atoms with E-state index in [0.717, 1.165) is 62.2 Å². The second-order valence-corrected chi connectivity index (χ2v) is 7.19. The molecule has 2 heterocycles.